The first-order chi connectivity index (χ1) is 7.41. The molecule has 2 rings (SSSR count). The molecule has 1 aromatic carbocycles. The minimum atomic E-state index is -0.853. The van der Waals surface area contributed by atoms with Gasteiger partial charge < -0.3 is 10.2 Å². The second-order valence-corrected chi connectivity index (χ2v) is 4.66. The van der Waals surface area contributed by atoms with Crippen LogP contribution in [-0.4, -0.2) is 16.2 Å². The van der Waals surface area contributed by atoms with Crippen molar-refractivity contribution in [1.29, 1.82) is 0 Å². The molecule has 0 unspecified atom stereocenters. The molecule has 0 atom stereocenters. The monoisotopic (exact) mass is 218 g/mol. The molecule has 0 fully saturated rings. The van der Waals surface area contributed by atoms with Gasteiger partial charge in [-0.05, 0) is 49.1 Å². The summed E-state index contributed by atoms with van der Waals surface area (Å²) in [6.45, 7) is 3.40. The lowest BCUT2D eigenvalue weighted by molar-refractivity contribution is -0.144. The van der Waals surface area contributed by atoms with Crippen molar-refractivity contribution in [3.8, 4) is 5.75 Å². The minimum absolute atomic E-state index is 0.224. The van der Waals surface area contributed by atoms with E-state index in [0.29, 0.717) is 6.42 Å². The number of aliphatic carboxylic acids is 1. The number of hydrogen-bond donors (Lipinski definition) is 2. The van der Waals surface area contributed by atoms with E-state index in [2.05, 4.69) is 0 Å². The van der Waals surface area contributed by atoms with E-state index in [1.807, 2.05) is 12.1 Å². The van der Waals surface area contributed by atoms with Crippen LogP contribution in [0.25, 0.3) is 6.08 Å². The van der Waals surface area contributed by atoms with Crippen LogP contribution in [0.2, 0.25) is 0 Å². The number of aromatic hydroxyl groups is 1. The first-order valence-electron chi connectivity index (χ1n) is 5.17. The molecule has 16 heavy (non-hydrogen) atoms. The van der Waals surface area contributed by atoms with Crippen molar-refractivity contribution in [3.63, 3.8) is 0 Å². The zero-order valence-electron chi connectivity index (χ0n) is 9.32. The third-order valence-electron chi connectivity index (χ3n) is 3.17. The molecule has 0 heterocycles. The number of hydrogen-bond acceptors (Lipinski definition) is 2. The van der Waals surface area contributed by atoms with Gasteiger partial charge in [0, 0.05) is 0 Å². The molecule has 84 valence electrons. The van der Waals surface area contributed by atoms with E-state index in [0.717, 1.165) is 16.7 Å². The summed E-state index contributed by atoms with van der Waals surface area (Å²) in [7, 11) is 0. The summed E-state index contributed by atoms with van der Waals surface area (Å²) in [4.78, 5) is 11.1. The average Bonchev–Trinajstić information content (AvgIpc) is 2.60. The van der Waals surface area contributed by atoms with E-state index in [4.69, 9.17) is 5.11 Å². The molecule has 0 aliphatic heterocycles. The van der Waals surface area contributed by atoms with Gasteiger partial charge in [-0.3, -0.25) is 4.79 Å². The van der Waals surface area contributed by atoms with Crippen LogP contribution in [0.5, 0.6) is 5.75 Å². The van der Waals surface area contributed by atoms with Gasteiger partial charge in [-0.25, -0.2) is 0 Å². The normalized spacial score (nSPS) is 14.5. The fourth-order valence-corrected chi connectivity index (χ4v) is 1.87. The van der Waals surface area contributed by atoms with Crippen molar-refractivity contribution in [3.05, 3.63) is 34.9 Å². The Balaban J connectivity index is 2.37. The fraction of sp³-hybridized carbons (Fsp3) is 0.308. The largest absolute Gasteiger partial charge is 0.508 e. The molecule has 0 spiro atoms. The highest BCUT2D eigenvalue weighted by molar-refractivity contribution is 5.82. The van der Waals surface area contributed by atoms with Gasteiger partial charge in [-0.1, -0.05) is 12.1 Å². The highest BCUT2D eigenvalue weighted by Crippen LogP contribution is 2.37. The maximum absolute atomic E-state index is 11.1. The minimum Gasteiger partial charge on any atom is -0.508 e. The summed E-state index contributed by atoms with van der Waals surface area (Å²) >= 11 is 0. The zero-order valence-corrected chi connectivity index (χ0v) is 9.32. The summed E-state index contributed by atoms with van der Waals surface area (Å²) in [5, 5.41) is 18.5. The van der Waals surface area contributed by atoms with Gasteiger partial charge in [-0.2, -0.15) is 0 Å². The first kappa shape index (κ1) is 10.7. The number of fused-ring (bicyclic) bond motifs is 1. The second kappa shape index (κ2) is 3.37. The number of carboxylic acids is 1. The fourth-order valence-electron chi connectivity index (χ4n) is 1.87. The van der Waals surface area contributed by atoms with Gasteiger partial charge in [0.15, 0.2) is 0 Å². The predicted octanol–water partition coefficient (Wildman–Crippen LogP) is 2.44. The van der Waals surface area contributed by atoms with Gasteiger partial charge in [0.25, 0.3) is 0 Å². The molecular formula is C13H14O3. The van der Waals surface area contributed by atoms with E-state index in [1.165, 1.54) is 0 Å². The molecular weight excluding hydrogens is 204 g/mol. The molecule has 0 radical (unpaired) electrons. The SMILES string of the molecule is CC(C)(C(=O)O)C1=Cc2ccc(O)cc2C1. The van der Waals surface area contributed by atoms with E-state index in [1.54, 1.807) is 26.0 Å². The molecule has 0 saturated heterocycles. The van der Waals surface area contributed by atoms with Crippen LogP contribution < -0.4 is 0 Å². The molecule has 0 aromatic heterocycles. The number of phenolic OH excluding ortho intramolecular Hbond substituents is 1. The van der Waals surface area contributed by atoms with Gasteiger partial charge >= 0.3 is 5.97 Å². The third-order valence-corrected chi connectivity index (χ3v) is 3.17. The second-order valence-electron chi connectivity index (χ2n) is 4.66. The van der Waals surface area contributed by atoms with Crippen molar-refractivity contribution in [2.45, 2.75) is 20.3 Å². The van der Waals surface area contributed by atoms with Crippen LogP contribution in [0.4, 0.5) is 0 Å². The van der Waals surface area contributed by atoms with Crippen LogP contribution in [-0.2, 0) is 11.2 Å². The van der Waals surface area contributed by atoms with Gasteiger partial charge in [0.1, 0.15) is 5.75 Å². The number of carboxylic acid groups (broad SMARTS) is 1. The van der Waals surface area contributed by atoms with Crippen LogP contribution in [0.1, 0.15) is 25.0 Å². The van der Waals surface area contributed by atoms with E-state index in [-0.39, 0.29) is 5.75 Å². The lowest BCUT2D eigenvalue weighted by Crippen LogP contribution is -2.26. The molecule has 0 amide bonds. The summed E-state index contributed by atoms with van der Waals surface area (Å²) in [5.74, 6) is -0.600. The topological polar surface area (TPSA) is 57.5 Å². The maximum atomic E-state index is 11.1. The van der Waals surface area contributed by atoms with Crippen LogP contribution >= 0.6 is 0 Å². The number of phenols is 1. The van der Waals surface area contributed by atoms with Crippen molar-refractivity contribution >= 4 is 12.0 Å². The molecule has 3 nitrogen and oxygen atoms in total. The standard InChI is InChI=1S/C13H14O3/c1-13(2,12(15)16)10-5-8-3-4-11(14)7-9(8)6-10/h3-5,7,14H,6H2,1-2H3,(H,15,16). The van der Waals surface area contributed by atoms with Crippen molar-refractivity contribution in [2.24, 2.45) is 5.41 Å². The molecule has 1 aliphatic rings. The third kappa shape index (κ3) is 1.58. The Hall–Kier alpha value is -1.77. The Kier molecular flexibility index (Phi) is 2.26. The Labute approximate surface area is 94.0 Å². The molecule has 3 heteroatoms. The molecule has 2 N–H and O–H groups in total. The predicted molar refractivity (Wildman–Crippen MR) is 61.2 cm³/mol. The van der Waals surface area contributed by atoms with Crippen LogP contribution in [0, 0.1) is 5.41 Å². The quantitative estimate of drug-likeness (QED) is 0.801. The maximum Gasteiger partial charge on any atom is 0.313 e. The highest BCUT2D eigenvalue weighted by atomic mass is 16.4. The average molecular weight is 218 g/mol. The molecule has 0 saturated carbocycles. The highest BCUT2D eigenvalue weighted by Gasteiger charge is 2.34. The number of rotatable bonds is 2. The summed E-state index contributed by atoms with van der Waals surface area (Å²) < 4.78 is 0. The number of carbonyl (C=O) groups is 1. The lowest BCUT2D eigenvalue weighted by atomic mass is 9.83. The van der Waals surface area contributed by atoms with Crippen LogP contribution in [0.15, 0.2) is 23.8 Å². The molecule has 1 aromatic rings. The Morgan fingerprint density at radius 1 is 1.38 bits per heavy atom. The Morgan fingerprint density at radius 3 is 2.69 bits per heavy atom. The van der Waals surface area contributed by atoms with Gasteiger partial charge in [0.2, 0.25) is 0 Å². The van der Waals surface area contributed by atoms with Gasteiger partial charge in [0.05, 0.1) is 5.41 Å². The Morgan fingerprint density at radius 2 is 2.06 bits per heavy atom. The van der Waals surface area contributed by atoms with Crippen LogP contribution in [0.3, 0.4) is 0 Å². The summed E-state index contributed by atoms with van der Waals surface area (Å²) in [6.07, 6.45) is 2.51. The number of benzene rings is 1. The van der Waals surface area contributed by atoms with E-state index < -0.39 is 11.4 Å². The Bertz CT molecular complexity index is 484. The van der Waals surface area contributed by atoms with Crippen molar-refractivity contribution < 1.29 is 15.0 Å². The smallest absolute Gasteiger partial charge is 0.313 e. The lowest BCUT2D eigenvalue weighted by Gasteiger charge is -2.20. The van der Waals surface area contributed by atoms with Crippen molar-refractivity contribution in [2.75, 3.05) is 0 Å². The molecule has 1 aliphatic carbocycles. The van der Waals surface area contributed by atoms with E-state index >= 15 is 0 Å². The summed E-state index contributed by atoms with van der Waals surface area (Å²) in [6, 6.07) is 5.12. The first-order valence-corrected chi connectivity index (χ1v) is 5.17. The summed E-state index contributed by atoms with van der Waals surface area (Å²) in [5.41, 5.74) is 2.02. The molecule has 0 bridgehead atoms. The van der Waals surface area contributed by atoms with E-state index in [9.17, 15) is 9.90 Å². The van der Waals surface area contributed by atoms with Crippen molar-refractivity contribution in [1.82, 2.24) is 0 Å². The van der Waals surface area contributed by atoms with Gasteiger partial charge in [-0.15, -0.1) is 0 Å². The zero-order chi connectivity index (χ0) is 11.9.